The van der Waals surface area contributed by atoms with E-state index in [-0.39, 0.29) is 0 Å². The predicted molar refractivity (Wildman–Crippen MR) is 102 cm³/mol. The molecule has 1 aliphatic heterocycles. The molecule has 1 fully saturated rings. The third-order valence-electron chi connectivity index (χ3n) is 5.19. The van der Waals surface area contributed by atoms with Crippen molar-refractivity contribution in [1.82, 2.24) is 4.90 Å². The number of aldehydes is 1. The average molecular weight is 412 g/mol. The van der Waals surface area contributed by atoms with Crippen molar-refractivity contribution < 1.29 is 22.7 Å². The van der Waals surface area contributed by atoms with Crippen LogP contribution in [0.25, 0.3) is 0 Å². The fourth-order valence-corrected chi connectivity index (χ4v) is 3.85. The Morgan fingerprint density at radius 1 is 1.18 bits per heavy atom. The smallest absolute Gasteiger partial charge is 0.416 e. The quantitative estimate of drug-likeness (QED) is 0.496. The van der Waals surface area contributed by atoms with Crippen LogP contribution >= 0.6 is 11.6 Å². The summed E-state index contributed by atoms with van der Waals surface area (Å²) in [5.74, 6) is 0.700. The van der Waals surface area contributed by atoms with Crippen LogP contribution in [0.3, 0.4) is 0 Å². The van der Waals surface area contributed by atoms with E-state index in [1.165, 1.54) is 6.07 Å². The number of likely N-dealkylation sites (tertiary alicyclic amines) is 1. The van der Waals surface area contributed by atoms with E-state index in [1.807, 2.05) is 0 Å². The molecule has 0 saturated carbocycles. The van der Waals surface area contributed by atoms with Crippen molar-refractivity contribution in [2.24, 2.45) is 0 Å². The lowest BCUT2D eigenvalue weighted by atomic mass is 9.87. The van der Waals surface area contributed by atoms with Crippen LogP contribution in [0.1, 0.15) is 39.9 Å². The van der Waals surface area contributed by atoms with Crippen molar-refractivity contribution in [3.05, 3.63) is 64.7 Å². The molecule has 0 atom stereocenters. The lowest BCUT2D eigenvalue weighted by Crippen LogP contribution is -2.39. The van der Waals surface area contributed by atoms with E-state index in [4.69, 9.17) is 16.3 Å². The average Bonchev–Trinajstić information content (AvgIpc) is 2.69. The normalized spacial score (nSPS) is 17.3. The van der Waals surface area contributed by atoms with E-state index >= 15 is 0 Å². The zero-order valence-corrected chi connectivity index (χ0v) is 16.2. The van der Waals surface area contributed by atoms with Gasteiger partial charge in [-0.05, 0) is 48.7 Å². The van der Waals surface area contributed by atoms with Gasteiger partial charge in [0.05, 0.1) is 17.5 Å². The van der Waals surface area contributed by atoms with Gasteiger partial charge in [-0.15, -0.1) is 11.6 Å². The molecule has 3 nitrogen and oxygen atoms in total. The van der Waals surface area contributed by atoms with E-state index in [0.717, 1.165) is 24.0 Å². The summed E-state index contributed by atoms with van der Waals surface area (Å²) in [5, 5.41) is 0. The van der Waals surface area contributed by atoms with Gasteiger partial charge in [-0.3, -0.25) is 9.69 Å². The molecule has 7 heteroatoms. The summed E-state index contributed by atoms with van der Waals surface area (Å²) in [6, 6.07) is 10.5. The number of hydrogen-bond donors (Lipinski definition) is 0. The monoisotopic (exact) mass is 411 g/mol. The molecule has 1 aliphatic rings. The van der Waals surface area contributed by atoms with Crippen LogP contribution in [0.4, 0.5) is 13.2 Å². The topological polar surface area (TPSA) is 29.5 Å². The Bertz CT molecular complexity index is 846. The number of hydrogen-bond acceptors (Lipinski definition) is 3. The molecule has 150 valence electrons. The van der Waals surface area contributed by atoms with Crippen molar-refractivity contribution in [1.29, 1.82) is 0 Å². The highest BCUT2D eigenvalue weighted by atomic mass is 35.5. The van der Waals surface area contributed by atoms with Gasteiger partial charge in [-0.2, -0.15) is 13.2 Å². The van der Waals surface area contributed by atoms with Crippen LogP contribution in [0, 0.1) is 0 Å². The number of carbonyl (C=O) groups excluding carboxylic acids is 1. The minimum atomic E-state index is -4.38. The van der Waals surface area contributed by atoms with Gasteiger partial charge >= 0.3 is 6.18 Å². The number of piperidine rings is 1. The van der Waals surface area contributed by atoms with Gasteiger partial charge < -0.3 is 4.74 Å². The second-order valence-electron chi connectivity index (χ2n) is 7.01. The standard InChI is InChI=1S/C21H21ClF3NO2/c1-28-19-6-5-15(14-27)11-16(19)13-26-9-7-20(22,8-10-26)17-3-2-4-18(12-17)21(23,24)25/h2-6,11-12,14H,7-10,13H2,1H3. The predicted octanol–water partition coefficient (Wildman–Crippen LogP) is 5.26. The van der Waals surface area contributed by atoms with E-state index in [2.05, 4.69) is 4.90 Å². The fourth-order valence-electron chi connectivity index (χ4n) is 3.56. The van der Waals surface area contributed by atoms with Crippen molar-refractivity contribution in [2.75, 3.05) is 20.2 Å². The van der Waals surface area contributed by atoms with Crippen LogP contribution < -0.4 is 4.74 Å². The van der Waals surface area contributed by atoms with E-state index in [1.54, 1.807) is 31.4 Å². The number of ether oxygens (including phenoxy) is 1. The number of carbonyl (C=O) groups is 1. The minimum Gasteiger partial charge on any atom is -0.496 e. The molecule has 2 aromatic rings. The number of alkyl halides is 4. The lowest BCUT2D eigenvalue weighted by Gasteiger charge is -2.38. The molecule has 0 bridgehead atoms. The first-order valence-corrected chi connectivity index (χ1v) is 9.34. The van der Waals surface area contributed by atoms with Crippen molar-refractivity contribution in [3.63, 3.8) is 0 Å². The van der Waals surface area contributed by atoms with Gasteiger partial charge in [0.15, 0.2) is 0 Å². The largest absolute Gasteiger partial charge is 0.496 e. The van der Waals surface area contributed by atoms with Crippen LogP contribution in [0.5, 0.6) is 5.75 Å². The molecule has 1 saturated heterocycles. The number of rotatable bonds is 5. The molecule has 0 aliphatic carbocycles. The Morgan fingerprint density at radius 3 is 2.50 bits per heavy atom. The summed E-state index contributed by atoms with van der Waals surface area (Å²) in [4.78, 5) is 12.4. The molecule has 0 amide bonds. The number of halogens is 4. The Hall–Kier alpha value is -2.05. The maximum atomic E-state index is 13.0. The second kappa shape index (κ2) is 8.13. The molecule has 0 aromatic heterocycles. The summed E-state index contributed by atoms with van der Waals surface area (Å²) in [6.45, 7) is 1.85. The van der Waals surface area contributed by atoms with Gasteiger partial charge in [-0.1, -0.05) is 12.1 Å². The first kappa shape index (κ1) is 20.7. The molecule has 3 rings (SSSR count). The molecule has 28 heavy (non-hydrogen) atoms. The van der Waals surface area contributed by atoms with E-state index < -0.39 is 16.6 Å². The SMILES string of the molecule is COc1ccc(C=O)cc1CN1CCC(Cl)(c2cccc(C(F)(F)F)c2)CC1. The number of benzene rings is 2. The van der Waals surface area contributed by atoms with Crippen LogP contribution in [0.15, 0.2) is 42.5 Å². The van der Waals surface area contributed by atoms with Gasteiger partial charge in [-0.25, -0.2) is 0 Å². The van der Waals surface area contributed by atoms with Crippen molar-refractivity contribution >= 4 is 17.9 Å². The summed E-state index contributed by atoms with van der Waals surface area (Å²) in [6.07, 6.45) is -2.53. The molecular weight excluding hydrogens is 391 g/mol. The van der Waals surface area contributed by atoms with E-state index in [0.29, 0.717) is 49.4 Å². The second-order valence-corrected chi connectivity index (χ2v) is 7.73. The summed E-state index contributed by atoms with van der Waals surface area (Å²) in [5.41, 5.74) is 1.30. The van der Waals surface area contributed by atoms with E-state index in [9.17, 15) is 18.0 Å². The Labute approximate surface area is 167 Å². The maximum absolute atomic E-state index is 13.0. The summed E-state index contributed by atoms with van der Waals surface area (Å²) >= 11 is 6.73. The number of nitrogens with zero attached hydrogens (tertiary/aromatic N) is 1. The highest BCUT2D eigenvalue weighted by Gasteiger charge is 2.37. The zero-order chi connectivity index (χ0) is 20.4. The molecule has 2 aromatic carbocycles. The molecular formula is C21H21ClF3NO2. The minimum absolute atomic E-state index is 0.504. The third-order valence-corrected chi connectivity index (χ3v) is 5.79. The molecule has 0 unspecified atom stereocenters. The maximum Gasteiger partial charge on any atom is 0.416 e. The molecule has 0 spiro atoms. The first-order chi connectivity index (χ1) is 13.2. The van der Waals surface area contributed by atoms with Gasteiger partial charge in [0.1, 0.15) is 12.0 Å². The van der Waals surface area contributed by atoms with Gasteiger partial charge in [0.2, 0.25) is 0 Å². The number of methoxy groups -OCH3 is 1. The van der Waals surface area contributed by atoms with Gasteiger partial charge in [0.25, 0.3) is 0 Å². The van der Waals surface area contributed by atoms with Crippen molar-refractivity contribution in [2.45, 2.75) is 30.4 Å². The van der Waals surface area contributed by atoms with Gasteiger partial charge in [0, 0.05) is 30.8 Å². The molecule has 0 N–H and O–H groups in total. The third kappa shape index (κ3) is 4.50. The highest BCUT2D eigenvalue weighted by Crippen LogP contribution is 2.42. The Kier molecular flexibility index (Phi) is 6.01. The zero-order valence-electron chi connectivity index (χ0n) is 15.4. The molecule has 0 radical (unpaired) electrons. The fraction of sp³-hybridized carbons (Fsp3) is 0.381. The Balaban J connectivity index is 1.72. The lowest BCUT2D eigenvalue weighted by molar-refractivity contribution is -0.137. The first-order valence-electron chi connectivity index (χ1n) is 8.96. The van der Waals surface area contributed by atoms with Crippen LogP contribution in [0.2, 0.25) is 0 Å². The molecule has 1 heterocycles. The van der Waals surface area contributed by atoms with Crippen LogP contribution in [-0.2, 0) is 17.6 Å². The summed E-state index contributed by atoms with van der Waals surface area (Å²) < 4.78 is 44.4. The highest BCUT2D eigenvalue weighted by molar-refractivity contribution is 6.24. The Morgan fingerprint density at radius 2 is 1.89 bits per heavy atom. The van der Waals surface area contributed by atoms with Crippen molar-refractivity contribution in [3.8, 4) is 5.75 Å². The summed E-state index contributed by atoms with van der Waals surface area (Å²) in [7, 11) is 1.58. The van der Waals surface area contributed by atoms with Crippen LogP contribution in [-0.4, -0.2) is 31.4 Å².